The third-order valence-corrected chi connectivity index (χ3v) is 4.43. The van der Waals surface area contributed by atoms with Gasteiger partial charge in [0.2, 0.25) is 11.0 Å². The maximum atomic E-state index is 12.0. The smallest absolute Gasteiger partial charge is 0.230 e. The summed E-state index contributed by atoms with van der Waals surface area (Å²) < 4.78 is 0. The number of nitrogens with one attached hydrogen (secondary N) is 1. The number of rotatable bonds is 6. The van der Waals surface area contributed by atoms with Gasteiger partial charge in [-0.15, -0.1) is 10.2 Å². The molecule has 1 atom stereocenters. The maximum Gasteiger partial charge on any atom is 0.230 e. The minimum absolute atomic E-state index is 0.0943. The Labute approximate surface area is 133 Å². The van der Waals surface area contributed by atoms with Crippen molar-refractivity contribution in [2.45, 2.75) is 39.0 Å². The highest BCUT2D eigenvalue weighted by Crippen LogP contribution is 2.26. The van der Waals surface area contributed by atoms with Crippen molar-refractivity contribution in [1.82, 2.24) is 10.2 Å². The Balaban J connectivity index is 1.92. The lowest BCUT2D eigenvalue weighted by Gasteiger charge is -2.03. The summed E-state index contributed by atoms with van der Waals surface area (Å²) in [5.74, 6) is 0.289. The van der Waals surface area contributed by atoms with Gasteiger partial charge in [-0.3, -0.25) is 4.79 Å². The van der Waals surface area contributed by atoms with E-state index in [1.54, 1.807) is 12.1 Å². The lowest BCUT2D eigenvalue weighted by molar-refractivity contribution is -0.115. The number of benzene rings is 1. The predicted molar refractivity (Wildman–Crippen MR) is 87.0 cm³/mol. The van der Waals surface area contributed by atoms with E-state index in [9.17, 15) is 4.79 Å². The van der Waals surface area contributed by atoms with Crippen LogP contribution in [-0.4, -0.2) is 16.1 Å². The monoisotopic (exact) mass is 323 g/mol. The van der Waals surface area contributed by atoms with Gasteiger partial charge in [0.25, 0.3) is 0 Å². The molecule has 0 aliphatic rings. The van der Waals surface area contributed by atoms with Gasteiger partial charge >= 0.3 is 0 Å². The SMILES string of the molecule is CCCC(C)c1nnc(NC(=O)Cc2ccc(Cl)cc2)s1. The van der Waals surface area contributed by atoms with Crippen LogP contribution in [0.5, 0.6) is 0 Å². The van der Waals surface area contributed by atoms with Crippen LogP contribution < -0.4 is 5.32 Å². The molecule has 112 valence electrons. The average molecular weight is 324 g/mol. The van der Waals surface area contributed by atoms with E-state index in [2.05, 4.69) is 29.4 Å². The highest BCUT2D eigenvalue weighted by Gasteiger charge is 2.13. The Kier molecular flexibility index (Phi) is 5.70. The molecule has 6 heteroatoms. The van der Waals surface area contributed by atoms with Gasteiger partial charge < -0.3 is 5.32 Å². The number of carbonyl (C=O) groups excluding carboxylic acids is 1. The minimum atomic E-state index is -0.0943. The predicted octanol–water partition coefficient (Wildman–Crippen LogP) is 4.28. The van der Waals surface area contributed by atoms with Gasteiger partial charge in [-0.2, -0.15) is 0 Å². The van der Waals surface area contributed by atoms with Gasteiger partial charge in [0.15, 0.2) is 0 Å². The van der Waals surface area contributed by atoms with Crippen molar-refractivity contribution >= 4 is 34.0 Å². The molecule has 1 unspecified atom stereocenters. The largest absolute Gasteiger partial charge is 0.300 e. The lowest BCUT2D eigenvalue weighted by atomic mass is 10.1. The highest BCUT2D eigenvalue weighted by atomic mass is 35.5. The van der Waals surface area contributed by atoms with E-state index in [1.807, 2.05) is 12.1 Å². The van der Waals surface area contributed by atoms with E-state index in [1.165, 1.54) is 11.3 Å². The first-order valence-corrected chi connectivity index (χ1v) is 8.15. The zero-order valence-electron chi connectivity index (χ0n) is 12.1. The normalized spacial score (nSPS) is 12.1. The van der Waals surface area contributed by atoms with Gasteiger partial charge in [0.05, 0.1) is 6.42 Å². The zero-order chi connectivity index (χ0) is 15.2. The molecule has 1 aromatic heterocycles. The molecule has 0 aliphatic carbocycles. The van der Waals surface area contributed by atoms with Crippen LogP contribution in [-0.2, 0) is 11.2 Å². The van der Waals surface area contributed by atoms with Crippen LogP contribution in [0.25, 0.3) is 0 Å². The first kappa shape index (κ1) is 15.9. The number of anilines is 1. The molecule has 0 spiro atoms. The van der Waals surface area contributed by atoms with Crippen LogP contribution in [0.3, 0.4) is 0 Å². The number of halogens is 1. The van der Waals surface area contributed by atoms with Crippen molar-refractivity contribution in [3.05, 3.63) is 39.9 Å². The van der Waals surface area contributed by atoms with E-state index in [-0.39, 0.29) is 5.91 Å². The number of hydrogen-bond acceptors (Lipinski definition) is 4. The fraction of sp³-hybridized carbons (Fsp3) is 0.400. The Morgan fingerprint density at radius 3 is 2.71 bits per heavy atom. The van der Waals surface area contributed by atoms with Crippen molar-refractivity contribution in [2.75, 3.05) is 5.32 Å². The summed E-state index contributed by atoms with van der Waals surface area (Å²) in [4.78, 5) is 12.0. The number of hydrogen-bond donors (Lipinski definition) is 1. The quantitative estimate of drug-likeness (QED) is 0.863. The minimum Gasteiger partial charge on any atom is -0.300 e. The molecule has 1 heterocycles. The van der Waals surface area contributed by atoms with Gasteiger partial charge in [0.1, 0.15) is 5.01 Å². The molecule has 0 saturated carbocycles. The van der Waals surface area contributed by atoms with Crippen molar-refractivity contribution in [3.63, 3.8) is 0 Å². The molecule has 0 bridgehead atoms. The van der Waals surface area contributed by atoms with Gasteiger partial charge in [-0.1, -0.05) is 55.3 Å². The molecule has 4 nitrogen and oxygen atoms in total. The molecule has 2 rings (SSSR count). The number of aromatic nitrogens is 2. The summed E-state index contributed by atoms with van der Waals surface area (Å²) >= 11 is 7.27. The number of nitrogens with zero attached hydrogens (tertiary/aromatic N) is 2. The Hall–Kier alpha value is -1.46. The molecule has 1 N–H and O–H groups in total. The first-order valence-electron chi connectivity index (χ1n) is 6.96. The molecule has 0 fully saturated rings. The van der Waals surface area contributed by atoms with Gasteiger partial charge in [0, 0.05) is 10.9 Å². The molecule has 1 aromatic carbocycles. The fourth-order valence-electron chi connectivity index (χ4n) is 1.99. The van der Waals surface area contributed by atoms with Crippen LogP contribution in [0.4, 0.5) is 5.13 Å². The molecule has 0 aliphatic heterocycles. The third kappa shape index (κ3) is 4.79. The maximum absolute atomic E-state index is 12.0. The topological polar surface area (TPSA) is 54.9 Å². The summed E-state index contributed by atoms with van der Waals surface area (Å²) in [5, 5.41) is 13.2. The summed E-state index contributed by atoms with van der Waals surface area (Å²) in [6.45, 7) is 4.27. The van der Waals surface area contributed by atoms with Gasteiger partial charge in [-0.25, -0.2) is 0 Å². The summed E-state index contributed by atoms with van der Waals surface area (Å²) in [6.07, 6.45) is 2.49. The van der Waals surface area contributed by atoms with Crippen LogP contribution in [0.15, 0.2) is 24.3 Å². The van der Waals surface area contributed by atoms with Crippen molar-refractivity contribution in [1.29, 1.82) is 0 Å². The second-order valence-corrected chi connectivity index (χ2v) is 6.43. The lowest BCUT2D eigenvalue weighted by Crippen LogP contribution is -2.14. The van der Waals surface area contributed by atoms with Crippen molar-refractivity contribution in [3.8, 4) is 0 Å². The summed E-state index contributed by atoms with van der Waals surface area (Å²) in [6, 6.07) is 7.24. The number of amides is 1. The van der Waals surface area contributed by atoms with E-state index in [0.717, 1.165) is 23.4 Å². The van der Waals surface area contributed by atoms with Crippen molar-refractivity contribution < 1.29 is 4.79 Å². The second kappa shape index (κ2) is 7.52. The second-order valence-electron chi connectivity index (χ2n) is 4.99. The summed E-state index contributed by atoms with van der Waals surface area (Å²) in [5.41, 5.74) is 0.918. The molecule has 2 aromatic rings. The molecule has 0 radical (unpaired) electrons. The first-order chi connectivity index (χ1) is 10.1. The molecular formula is C15H18ClN3OS. The van der Waals surface area contributed by atoms with Crippen LogP contribution in [0.1, 0.15) is 43.2 Å². The highest BCUT2D eigenvalue weighted by molar-refractivity contribution is 7.15. The van der Waals surface area contributed by atoms with Crippen LogP contribution >= 0.6 is 22.9 Å². The van der Waals surface area contributed by atoms with E-state index in [4.69, 9.17) is 11.6 Å². The Morgan fingerprint density at radius 1 is 1.33 bits per heavy atom. The van der Waals surface area contributed by atoms with E-state index < -0.39 is 0 Å². The molecule has 1 amide bonds. The fourth-order valence-corrected chi connectivity index (χ4v) is 2.96. The Morgan fingerprint density at radius 2 is 2.05 bits per heavy atom. The summed E-state index contributed by atoms with van der Waals surface area (Å²) in [7, 11) is 0. The molecule has 21 heavy (non-hydrogen) atoms. The van der Waals surface area contributed by atoms with E-state index >= 15 is 0 Å². The van der Waals surface area contributed by atoms with Crippen molar-refractivity contribution in [2.24, 2.45) is 0 Å². The van der Waals surface area contributed by atoms with Gasteiger partial charge in [-0.05, 0) is 24.1 Å². The molecule has 0 saturated heterocycles. The van der Waals surface area contributed by atoms with Crippen LogP contribution in [0, 0.1) is 0 Å². The zero-order valence-corrected chi connectivity index (χ0v) is 13.7. The van der Waals surface area contributed by atoms with Crippen LogP contribution in [0.2, 0.25) is 5.02 Å². The number of carbonyl (C=O) groups is 1. The molecular weight excluding hydrogens is 306 g/mol. The van der Waals surface area contributed by atoms with E-state index in [0.29, 0.717) is 22.5 Å². The Bertz CT molecular complexity index is 597. The third-order valence-electron chi connectivity index (χ3n) is 3.11. The standard InChI is InChI=1S/C15H18ClN3OS/c1-3-4-10(2)14-18-19-15(21-14)17-13(20)9-11-5-7-12(16)8-6-11/h5-8,10H,3-4,9H2,1-2H3,(H,17,19,20). The average Bonchev–Trinajstić information content (AvgIpc) is 2.90.